The van der Waals surface area contributed by atoms with E-state index < -0.39 is 0 Å². The van der Waals surface area contributed by atoms with Crippen LogP contribution in [0.1, 0.15) is 17.0 Å². The van der Waals surface area contributed by atoms with Crippen LogP contribution in [0, 0.1) is 22.7 Å². The molecule has 29 heavy (non-hydrogen) atoms. The molecule has 0 atom stereocenters. The van der Waals surface area contributed by atoms with Crippen LogP contribution in [-0.2, 0) is 5.75 Å². The van der Waals surface area contributed by atoms with Crippen molar-refractivity contribution in [3.05, 3.63) is 70.5 Å². The summed E-state index contributed by atoms with van der Waals surface area (Å²) < 4.78 is 0. The van der Waals surface area contributed by atoms with Crippen molar-refractivity contribution in [2.75, 3.05) is 5.73 Å². The van der Waals surface area contributed by atoms with Crippen molar-refractivity contribution in [2.24, 2.45) is 0 Å². The number of nitrogen functional groups attached to an aromatic ring is 1. The van der Waals surface area contributed by atoms with Gasteiger partial charge in [-0.05, 0) is 29.8 Å². The number of imidazole rings is 1. The van der Waals surface area contributed by atoms with Crippen LogP contribution >= 0.6 is 23.4 Å². The van der Waals surface area contributed by atoms with Gasteiger partial charge in [0, 0.05) is 10.6 Å². The first-order valence-electron chi connectivity index (χ1n) is 8.56. The summed E-state index contributed by atoms with van der Waals surface area (Å²) in [4.78, 5) is 12.1. The highest BCUT2D eigenvalue weighted by atomic mass is 35.5. The topological polar surface area (TPSA) is 115 Å². The van der Waals surface area contributed by atoms with Gasteiger partial charge in [0.1, 0.15) is 34.4 Å². The molecule has 0 unspecified atom stereocenters. The van der Waals surface area contributed by atoms with Gasteiger partial charge in [-0.15, -0.1) is 0 Å². The minimum atomic E-state index is 0.0774. The second kappa shape index (κ2) is 7.84. The summed E-state index contributed by atoms with van der Waals surface area (Å²) >= 11 is 7.45. The molecule has 0 aliphatic heterocycles. The predicted octanol–water partition coefficient (Wildman–Crippen LogP) is 4.90. The second-order valence-electron chi connectivity index (χ2n) is 6.15. The normalized spacial score (nSPS) is 10.6. The molecular formula is C21H13ClN6S. The Labute approximate surface area is 176 Å². The molecule has 0 radical (unpaired) electrons. The molecule has 0 amide bonds. The third kappa shape index (κ3) is 3.62. The van der Waals surface area contributed by atoms with E-state index in [1.165, 1.54) is 11.8 Å². The average Bonchev–Trinajstić information content (AvgIpc) is 3.14. The van der Waals surface area contributed by atoms with E-state index in [-0.39, 0.29) is 11.4 Å². The van der Waals surface area contributed by atoms with E-state index in [0.29, 0.717) is 32.5 Å². The number of nitriles is 2. The first-order chi connectivity index (χ1) is 14.1. The van der Waals surface area contributed by atoms with E-state index >= 15 is 0 Å². The van der Waals surface area contributed by atoms with Crippen LogP contribution in [0.3, 0.4) is 0 Å². The number of benzene rings is 2. The minimum absolute atomic E-state index is 0.0774. The van der Waals surface area contributed by atoms with Gasteiger partial charge < -0.3 is 10.7 Å². The van der Waals surface area contributed by atoms with Gasteiger partial charge in [-0.2, -0.15) is 10.5 Å². The van der Waals surface area contributed by atoms with E-state index in [1.807, 2.05) is 24.3 Å². The molecule has 0 saturated heterocycles. The average molecular weight is 417 g/mol. The molecule has 2 heterocycles. The van der Waals surface area contributed by atoms with Gasteiger partial charge in [0.05, 0.1) is 22.3 Å². The first-order valence-corrected chi connectivity index (χ1v) is 9.93. The summed E-state index contributed by atoms with van der Waals surface area (Å²) in [6.07, 6.45) is 0. The number of hydrogen-bond donors (Lipinski definition) is 2. The first kappa shape index (κ1) is 18.8. The van der Waals surface area contributed by atoms with Crippen molar-refractivity contribution in [2.45, 2.75) is 10.8 Å². The molecule has 2 aromatic carbocycles. The molecule has 0 saturated carbocycles. The molecule has 3 N–H and O–H groups in total. The third-order valence-electron chi connectivity index (χ3n) is 4.31. The number of para-hydroxylation sites is 2. The Bertz CT molecular complexity index is 1280. The maximum Gasteiger partial charge on any atom is 0.143 e. The summed E-state index contributed by atoms with van der Waals surface area (Å²) in [6, 6.07) is 19.0. The molecule has 8 heteroatoms. The molecule has 2 aromatic heterocycles. The molecule has 140 valence electrons. The standard InChI is InChI=1S/C21H13ClN6S/c22-13-5-3-4-12(8-13)19-14(9-23)20(25)28-21(15(19)10-24)29-11-18-26-16-6-1-2-7-17(16)27-18/h1-8H,11H2,(H2,25,28)(H,26,27). The summed E-state index contributed by atoms with van der Waals surface area (Å²) in [5.74, 6) is 1.30. The number of fused-ring (bicyclic) bond motifs is 1. The van der Waals surface area contributed by atoms with Crippen molar-refractivity contribution >= 4 is 40.2 Å². The molecule has 0 bridgehead atoms. The Kier molecular flexibility index (Phi) is 5.09. The minimum Gasteiger partial charge on any atom is -0.383 e. The summed E-state index contributed by atoms with van der Waals surface area (Å²) in [7, 11) is 0. The van der Waals surface area contributed by atoms with Gasteiger partial charge >= 0.3 is 0 Å². The zero-order valence-corrected chi connectivity index (χ0v) is 16.6. The Hall–Kier alpha value is -3.52. The highest BCUT2D eigenvalue weighted by molar-refractivity contribution is 7.98. The number of nitrogens with zero attached hydrogens (tertiary/aromatic N) is 4. The van der Waals surface area contributed by atoms with E-state index in [2.05, 4.69) is 27.1 Å². The molecule has 6 nitrogen and oxygen atoms in total. The van der Waals surface area contributed by atoms with Crippen LogP contribution < -0.4 is 5.73 Å². The van der Waals surface area contributed by atoms with Crippen LogP contribution in [-0.4, -0.2) is 15.0 Å². The van der Waals surface area contributed by atoms with Gasteiger partial charge in [0.2, 0.25) is 0 Å². The van der Waals surface area contributed by atoms with Crippen LogP contribution in [0.4, 0.5) is 5.82 Å². The van der Waals surface area contributed by atoms with Gasteiger partial charge in [-0.1, -0.05) is 47.6 Å². The van der Waals surface area contributed by atoms with E-state index in [4.69, 9.17) is 17.3 Å². The number of halogens is 1. The summed E-state index contributed by atoms with van der Waals surface area (Å²) in [5, 5.41) is 20.4. The van der Waals surface area contributed by atoms with Gasteiger partial charge in [-0.25, -0.2) is 9.97 Å². The fourth-order valence-corrected chi connectivity index (χ4v) is 4.10. The number of pyridine rings is 1. The smallest absolute Gasteiger partial charge is 0.143 e. The summed E-state index contributed by atoms with van der Waals surface area (Å²) in [6.45, 7) is 0. The lowest BCUT2D eigenvalue weighted by Crippen LogP contribution is -2.03. The number of rotatable bonds is 4. The zero-order chi connectivity index (χ0) is 20.4. The van der Waals surface area contributed by atoms with E-state index in [9.17, 15) is 10.5 Å². The maximum absolute atomic E-state index is 9.84. The molecule has 0 fully saturated rings. The van der Waals surface area contributed by atoms with Gasteiger partial charge in [0.15, 0.2) is 0 Å². The lowest BCUT2D eigenvalue weighted by molar-refractivity contribution is 1.09. The highest BCUT2D eigenvalue weighted by Gasteiger charge is 2.21. The third-order valence-corrected chi connectivity index (χ3v) is 5.53. The number of aromatic amines is 1. The molecule has 0 aliphatic rings. The van der Waals surface area contributed by atoms with Crippen molar-refractivity contribution in [3.63, 3.8) is 0 Å². The molecule has 0 aliphatic carbocycles. The second-order valence-corrected chi connectivity index (χ2v) is 7.55. The van der Waals surface area contributed by atoms with Gasteiger partial charge in [0.25, 0.3) is 0 Å². The van der Waals surface area contributed by atoms with Gasteiger partial charge in [-0.3, -0.25) is 0 Å². The Morgan fingerprint density at radius 3 is 2.55 bits per heavy atom. The van der Waals surface area contributed by atoms with Crippen LogP contribution in [0.25, 0.3) is 22.2 Å². The fraction of sp³-hybridized carbons (Fsp3) is 0.0476. The highest BCUT2D eigenvalue weighted by Crippen LogP contribution is 2.37. The van der Waals surface area contributed by atoms with E-state index in [0.717, 1.165) is 16.9 Å². The van der Waals surface area contributed by atoms with Crippen molar-refractivity contribution in [1.82, 2.24) is 15.0 Å². The Morgan fingerprint density at radius 1 is 1.03 bits per heavy atom. The monoisotopic (exact) mass is 416 g/mol. The number of thioether (sulfide) groups is 1. The lowest BCUT2D eigenvalue weighted by atomic mass is 9.97. The van der Waals surface area contributed by atoms with E-state index in [1.54, 1.807) is 24.3 Å². The quantitative estimate of drug-likeness (QED) is 0.457. The zero-order valence-electron chi connectivity index (χ0n) is 15.0. The van der Waals surface area contributed by atoms with Crippen LogP contribution in [0.2, 0.25) is 5.02 Å². The van der Waals surface area contributed by atoms with Crippen LogP contribution in [0.15, 0.2) is 53.6 Å². The Balaban J connectivity index is 1.77. The number of aromatic nitrogens is 3. The molecular weight excluding hydrogens is 404 g/mol. The number of H-pyrrole nitrogens is 1. The van der Waals surface area contributed by atoms with Crippen molar-refractivity contribution < 1.29 is 0 Å². The van der Waals surface area contributed by atoms with Crippen molar-refractivity contribution in [3.8, 4) is 23.3 Å². The fourth-order valence-electron chi connectivity index (χ4n) is 3.05. The number of hydrogen-bond acceptors (Lipinski definition) is 6. The predicted molar refractivity (Wildman–Crippen MR) is 114 cm³/mol. The van der Waals surface area contributed by atoms with Crippen molar-refractivity contribution in [1.29, 1.82) is 10.5 Å². The molecule has 4 rings (SSSR count). The maximum atomic E-state index is 9.84. The SMILES string of the molecule is N#Cc1c(N)nc(SCc2nc3ccccc3[nH]2)c(C#N)c1-c1cccc(Cl)c1. The Morgan fingerprint density at radius 2 is 1.83 bits per heavy atom. The summed E-state index contributed by atoms with van der Waals surface area (Å²) in [5.41, 5.74) is 9.40. The number of nitrogens with one attached hydrogen (secondary N) is 1. The molecule has 4 aromatic rings. The van der Waals surface area contributed by atoms with Crippen LogP contribution in [0.5, 0.6) is 0 Å². The number of nitrogens with two attached hydrogens (primary N) is 1. The molecule has 0 spiro atoms. The number of anilines is 1. The largest absolute Gasteiger partial charge is 0.383 e. The lowest BCUT2D eigenvalue weighted by Gasteiger charge is -2.13.